The summed E-state index contributed by atoms with van der Waals surface area (Å²) in [6, 6.07) is 3.99. The topological polar surface area (TPSA) is 24.9 Å². The molecular weight excluding hydrogens is 217 g/mol. The van der Waals surface area contributed by atoms with Crippen LogP contribution in [0.25, 0.3) is 0 Å². The van der Waals surface area contributed by atoms with Crippen LogP contribution in [0.2, 0.25) is 0 Å². The maximum atomic E-state index is 12.4. The number of hydrogen-bond donors (Lipinski definition) is 1. The summed E-state index contributed by atoms with van der Waals surface area (Å²) >= 11 is 0. The molecule has 1 aromatic heterocycles. The van der Waals surface area contributed by atoms with Crippen LogP contribution < -0.4 is 5.32 Å². The predicted molar refractivity (Wildman–Crippen MR) is 57.2 cm³/mol. The third-order valence-corrected chi connectivity index (χ3v) is 2.16. The molecule has 2 nitrogen and oxygen atoms in total. The van der Waals surface area contributed by atoms with Gasteiger partial charge in [0.15, 0.2) is 0 Å². The summed E-state index contributed by atoms with van der Waals surface area (Å²) in [6.07, 6.45) is -2.50. The Hall–Kier alpha value is -1.26. The van der Waals surface area contributed by atoms with Crippen LogP contribution in [0.15, 0.2) is 18.2 Å². The van der Waals surface area contributed by atoms with Crippen molar-refractivity contribution in [3.05, 3.63) is 23.9 Å². The Bertz CT molecular complexity index is 336. The van der Waals surface area contributed by atoms with Gasteiger partial charge in [0.2, 0.25) is 0 Å². The van der Waals surface area contributed by atoms with E-state index in [0.717, 1.165) is 18.9 Å². The van der Waals surface area contributed by atoms with Crippen molar-refractivity contribution in [2.45, 2.75) is 38.9 Å². The van der Waals surface area contributed by atoms with Gasteiger partial charge in [-0.05, 0) is 25.5 Å². The molecule has 5 heteroatoms. The molecule has 0 radical (unpaired) electrons. The summed E-state index contributed by atoms with van der Waals surface area (Å²) < 4.78 is 37.1. The number of pyridine rings is 1. The molecule has 0 saturated heterocycles. The maximum absolute atomic E-state index is 12.4. The second kappa shape index (κ2) is 5.18. The van der Waals surface area contributed by atoms with Crippen LogP contribution >= 0.6 is 0 Å². The maximum Gasteiger partial charge on any atom is 0.433 e. The van der Waals surface area contributed by atoms with Gasteiger partial charge < -0.3 is 5.32 Å². The summed E-state index contributed by atoms with van der Waals surface area (Å²) in [4.78, 5) is 3.53. The van der Waals surface area contributed by atoms with E-state index in [0.29, 0.717) is 0 Å². The third kappa shape index (κ3) is 3.72. The van der Waals surface area contributed by atoms with Gasteiger partial charge in [0.25, 0.3) is 0 Å². The van der Waals surface area contributed by atoms with Gasteiger partial charge in [0.1, 0.15) is 11.5 Å². The van der Waals surface area contributed by atoms with E-state index in [4.69, 9.17) is 0 Å². The Morgan fingerprint density at radius 1 is 1.38 bits per heavy atom. The first-order valence-corrected chi connectivity index (χ1v) is 5.24. The van der Waals surface area contributed by atoms with Crippen molar-refractivity contribution in [3.8, 4) is 0 Å². The highest BCUT2D eigenvalue weighted by molar-refractivity contribution is 5.36. The van der Waals surface area contributed by atoms with Crippen LogP contribution in [-0.2, 0) is 6.18 Å². The lowest BCUT2D eigenvalue weighted by Gasteiger charge is -2.14. The quantitative estimate of drug-likeness (QED) is 0.856. The van der Waals surface area contributed by atoms with Crippen LogP contribution in [0, 0.1) is 0 Å². The van der Waals surface area contributed by atoms with E-state index in [9.17, 15) is 13.2 Å². The van der Waals surface area contributed by atoms with E-state index in [1.807, 2.05) is 13.8 Å². The summed E-state index contributed by atoms with van der Waals surface area (Å²) in [5.74, 6) is 0.274. The molecule has 1 heterocycles. The molecule has 16 heavy (non-hydrogen) atoms. The van der Waals surface area contributed by atoms with Crippen molar-refractivity contribution in [3.63, 3.8) is 0 Å². The highest BCUT2D eigenvalue weighted by Gasteiger charge is 2.32. The first-order valence-electron chi connectivity index (χ1n) is 5.24. The molecule has 0 aromatic carbocycles. The average Bonchev–Trinajstić information content (AvgIpc) is 2.17. The predicted octanol–water partition coefficient (Wildman–Crippen LogP) is 3.70. The number of nitrogens with zero attached hydrogens (tertiary/aromatic N) is 1. The van der Waals surface area contributed by atoms with Crippen LogP contribution in [0.5, 0.6) is 0 Å². The largest absolute Gasteiger partial charge is 0.433 e. The average molecular weight is 232 g/mol. The van der Waals surface area contributed by atoms with E-state index in [-0.39, 0.29) is 11.9 Å². The molecular formula is C11H15F3N2. The fourth-order valence-corrected chi connectivity index (χ4v) is 1.43. The number of rotatable bonds is 4. The summed E-state index contributed by atoms with van der Waals surface area (Å²) in [5, 5.41) is 2.94. The third-order valence-electron chi connectivity index (χ3n) is 2.16. The highest BCUT2D eigenvalue weighted by Crippen LogP contribution is 2.28. The molecule has 1 N–H and O–H groups in total. The Balaban J connectivity index is 2.75. The molecule has 0 aliphatic heterocycles. The lowest BCUT2D eigenvalue weighted by atomic mass is 10.2. The zero-order chi connectivity index (χ0) is 12.2. The molecule has 90 valence electrons. The number of anilines is 1. The molecule has 1 aromatic rings. The van der Waals surface area contributed by atoms with Crippen molar-refractivity contribution in [2.24, 2.45) is 0 Å². The van der Waals surface area contributed by atoms with Gasteiger partial charge in [-0.25, -0.2) is 4.98 Å². The van der Waals surface area contributed by atoms with Crippen LogP contribution in [0.1, 0.15) is 32.4 Å². The normalized spacial score (nSPS) is 13.6. The summed E-state index contributed by atoms with van der Waals surface area (Å²) in [7, 11) is 0. The monoisotopic (exact) mass is 232 g/mol. The molecule has 0 aliphatic carbocycles. The van der Waals surface area contributed by atoms with Crippen molar-refractivity contribution < 1.29 is 13.2 Å². The van der Waals surface area contributed by atoms with Gasteiger partial charge in [0.05, 0.1) is 0 Å². The van der Waals surface area contributed by atoms with E-state index < -0.39 is 11.9 Å². The molecule has 0 saturated carbocycles. The smallest absolute Gasteiger partial charge is 0.368 e. The number of hydrogen-bond acceptors (Lipinski definition) is 2. The van der Waals surface area contributed by atoms with Gasteiger partial charge in [-0.1, -0.05) is 19.4 Å². The molecule has 0 amide bonds. The molecule has 1 atom stereocenters. The molecule has 1 rings (SSSR count). The van der Waals surface area contributed by atoms with Crippen molar-refractivity contribution >= 4 is 5.82 Å². The lowest BCUT2D eigenvalue weighted by Crippen LogP contribution is -2.17. The minimum atomic E-state index is -4.38. The first kappa shape index (κ1) is 12.8. The Morgan fingerprint density at radius 2 is 2.06 bits per heavy atom. The fraction of sp³-hybridized carbons (Fsp3) is 0.545. The van der Waals surface area contributed by atoms with E-state index >= 15 is 0 Å². The Kier molecular flexibility index (Phi) is 4.15. The number of alkyl halides is 3. The van der Waals surface area contributed by atoms with E-state index in [1.165, 1.54) is 6.07 Å². The van der Waals surface area contributed by atoms with Crippen LogP contribution in [0.4, 0.5) is 19.0 Å². The minimum Gasteiger partial charge on any atom is -0.368 e. The molecule has 1 unspecified atom stereocenters. The second-order valence-electron chi connectivity index (χ2n) is 3.74. The fourth-order valence-electron chi connectivity index (χ4n) is 1.43. The zero-order valence-corrected chi connectivity index (χ0v) is 9.30. The highest BCUT2D eigenvalue weighted by atomic mass is 19.4. The lowest BCUT2D eigenvalue weighted by molar-refractivity contribution is -0.141. The van der Waals surface area contributed by atoms with Crippen molar-refractivity contribution in [1.29, 1.82) is 0 Å². The molecule has 0 fully saturated rings. The Morgan fingerprint density at radius 3 is 2.62 bits per heavy atom. The number of aromatic nitrogens is 1. The van der Waals surface area contributed by atoms with Crippen LogP contribution in [0.3, 0.4) is 0 Å². The number of halogens is 3. The van der Waals surface area contributed by atoms with Gasteiger partial charge >= 0.3 is 6.18 Å². The van der Waals surface area contributed by atoms with Crippen molar-refractivity contribution in [1.82, 2.24) is 4.98 Å². The van der Waals surface area contributed by atoms with Gasteiger partial charge in [-0.15, -0.1) is 0 Å². The SMILES string of the molecule is CCCC(C)Nc1cccc(C(F)(F)F)n1. The van der Waals surface area contributed by atoms with Crippen molar-refractivity contribution in [2.75, 3.05) is 5.32 Å². The van der Waals surface area contributed by atoms with Crippen LogP contribution in [-0.4, -0.2) is 11.0 Å². The molecule has 0 aliphatic rings. The number of nitrogens with one attached hydrogen (secondary N) is 1. The van der Waals surface area contributed by atoms with Gasteiger partial charge in [0, 0.05) is 6.04 Å². The minimum absolute atomic E-state index is 0.126. The standard InChI is InChI=1S/C11H15F3N2/c1-3-5-8(2)15-10-7-4-6-9(16-10)11(12,13)14/h4,6-8H,3,5H2,1-2H3,(H,15,16). The van der Waals surface area contributed by atoms with Gasteiger partial charge in [-0.2, -0.15) is 13.2 Å². The summed E-state index contributed by atoms with van der Waals surface area (Å²) in [6.45, 7) is 3.95. The Labute approximate surface area is 92.9 Å². The van der Waals surface area contributed by atoms with Gasteiger partial charge in [-0.3, -0.25) is 0 Å². The van der Waals surface area contributed by atoms with E-state index in [2.05, 4.69) is 10.3 Å². The second-order valence-corrected chi connectivity index (χ2v) is 3.74. The molecule has 0 spiro atoms. The zero-order valence-electron chi connectivity index (χ0n) is 9.30. The van der Waals surface area contributed by atoms with E-state index in [1.54, 1.807) is 6.07 Å². The first-order chi connectivity index (χ1) is 7.43. The summed E-state index contributed by atoms with van der Waals surface area (Å²) in [5.41, 5.74) is -0.860. The molecule has 0 bridgehead atoms.